The first-order chi connectivity index (χ1) is 23.2. The number of ether oxygens (including phenoxy) is 1. The Kier molecular flexibility index (Phi) is 27.6. The average molecular weight is 661 g/mol. The number of rotatable bonds is 13. The summed E-state index contributed by atoms with van der Waals surface area (Å²) >= 11 is 0. The van der Waals surface area contributed by atoms with Crippen LogP contribution in [0, 0.1) is 12.7 Å². The van der Waals surface area contributed by atoms with Crippen LogP contribution in [0.5, 0.6) is 0 Å². The normalized spacial score (nSPS) is 11.1. The molecule has 48 heavy (non-hydrogen) atoms. The van der Waals surface area contributed by atoms with Gasteiger partial charge in [-0.15, -0.1) is 6.58 Å². The minimum Gasteiger partial charge on any atom is -0.381 e. The SMILES string of the molecule is C/C=C/C=O.C/C=C\C=C(/C)NC=O.C=CC[C@@H](CCn1c(-c2ccc(F)cc2)c(-c2ccccc2)c(C)c1C(C)C)OC.CC.CC. The van der Waals surface area contributed by atoms with Crippen LogP contribution < -0.4 is 5.32 Å². The van der Waals surface area contributed by atoms with Gasteiger partial charge in [0.2, 0.25) is 6.41 Å². The van der Waals surface area contributed by atoms with Crippen LogP contribution in [0.15, 0.2) is 103 Å². The minimum atomic E-state index is -0.218. The molecule has 0 aliphatic rings. The van der Waals surface area contributed by atoms with E-state index in [1.165, 1.54) is 28.5 Å². The maximum absolute atomic E-state index is 13.7. The number of allylic oxidation sites excluding steroid dienone is 6. The van der Waals surface area contributed by atoms with Crippen LogP contribution in [0.25, 0.3) is 22.4 Å². The lowest BCUT2D eigenvalue weighted by atomic mass is 9.96. The molecule has 0 fully saturated rings. The standard InChI is InChI=1S/C27H32FNO.C7H11NO.C4H6O.2C2H6/c1-6-10-24(30-5)17-18-29-26(19(2)3)20(4)25(21-11-8-7-9-12-21)27(29)22-13-15-23(28)16-14-22;1-3-4-5-7(2)8-6-9;1-2-3-4-5;2*1-2/h6-9,11-16,19,24H,1,10,17-18H2,2-5H3;3-6H,1-2H3,(H,8,9);2-4H,1H3;2*1-2H3/b;4-3-,7-5+;3-2+;;/t24-;;;;/m0..../s1. The summed E-state index contributed by atoms with van der Waals surface area (Å²) in [4.78, 5) is 19.1. The molecule has 0 saturated carbocycles. The molecule has 3 rings (SSSR count). The van der Waals surface area contributed by atoms with E-state index in [4.69, 9.17) is 4.74 Å². The number of nitrogens with zero attached hydrogens (tertiary/aromatic N) is 1. The molecule has 1 amide bonds. The first kappa shape index (κ1) is 45.8. The fourth-order valence-corrected chi connectivity index (χ4v) is 4.86. The van der Waals surface area contributed by atoms with Gasteiger partial charge < -0.3 is 14.6 Å². The summed E-state index contributed by atoms with van der Waals surface area (Å²) in [6.45, 7) is 24.9. The van der Waals surface area contributed by atoms with Crippen molar-refractivity contribution in [3.63, 3.8) is 0 Å². The van der Waals surface area contributed by atoms with Gasteiger partial charge in [-0.2, -0.15) is 0 Å². The van der Waals surface area contributed by atoms with Gasteiger partial charge in [0.05, 0.1) is 11.8 Å². The van der Waals surface area contributed by atoms with Crippen LogP contribution in [-0.4, -0.2) is 30.5 Å². The number of aldehydes is 1. The Morgan fingerprint density at radius 3 is 1.96 bits per heavy atom. The quantitative estimate of drug-likeness (QED) is 0.0859. The summed E-state index contributed by atoms with van der Waals surface area (Å²) in [5.41, 5.74) is 8.05. The van der Waals surface area contributed by atoms with Gasteiger partial charge in [-0.1, -0.05) is 96.2 Å². The number of nitrogens with one attached hydrogen (secondary N) is 1. The third kappa shape index (κ3) is 16.5. The summed E-state index contributed by atoms with van der Waals surface area (Å²) in [6, 6.07) is 17.3. The van der Waals surface area contributed by atoms with Gasteiger partial charge in [0.15, 0.2) is 0 Å². The van der Waals surface area contributed by atoms with E-state index in [0.717, 1.165) is 42.6 Å². The molecule has 264 valence electrons. The van der Waals surface area contributed by atoms with Crippen LogP contribution in [0.1, 0.15) is 92.3 Å². The fourth-order valence-electron chi connectivity index (χ4n) is 4.86. The van der Waals surface area contributed by atoms with Gasteiger partial charge in [-0.05, 0) is 99.6 Å². The van der Waals surface area contributed by atoms with E-state index in [2.05, 4.69) is 61.5 Å². The minimum absolute atomic E-state index is 0.131. The maximum Gasteiger partial charge on any atom is 0.211 e. The third-order valence-corrected chi connectivity index (χ3v) is 6.82. The zero-order chi connectivity index (χ0) is 36.9. The molecular formula is C42H61FN2O3. The van der Waals surface area contributed by atoms with Gasteiger partial charge >= 0.3 is 0 Å². The smallest absolute Gasteiger partial charge is 0.211 e. The lowest BCUT2D eigenvalue weighted by molar-refractivity contribution is -0.109. The highest BCUT2D eigenvalue weighted by atomic mass is 19.1. The largest absolute Gasteiger partial charge is 0.381 e. The van der Waals surface area contributed by atoms with Crippen molar-refractivity contribution in [1.82, 2.24) is 9.88 Å². The number of carbonyl (C=O) groups excluding carboxylic acids is 2. The number of benzene rings is 2. The van der Waals surface area contributed by atoms with Gasteiger partial charge in [0.1, 0.15) is 12.1 Å². The predicted molar refractivity (Wildman–Crippen MR) is 206 cm³/mol. The Labute approximate surface area is 291 Å². The monoisotopic (exact) mass is 660 g/mol. The van der Waals surface area contributed by atoms with E-state index >= 15 is 0 Å². The second kappa shape index (κ2) is 28.9. The molecule has 2 aromatic carbocycles. The first-order valence-corrected chi connectivity index (χ1v) is 16.9. The molecule has 0 bridgehead atoms. The van der Waals surface area contributed by atoms with Crippen molar-refractivity contribution in [1.29, 1.82) is 0 Å². The molecule has 1 N–H and O–H groups in total. The van der Waals surface area contributed by atoms with Crippen LogP contribution in [0.4, 0.5) is 4.39 Å². The highest BCUT2D eigenvalue weighted by molar-refractivity contribution is 5.85. The summed E-state index contributed by atoms with van der Waals surface area (Å²) < 4.78 is 21.8. The molecule has 0 radical (unpaired) electrons. The molecule has 0 saturated heterocycles. The Hall–Kier alpha value is -4.29. The van der Waals surface area contributed by atoms with Crippen molar-refractivity contribution in [3.8, 4) is 22.4 Å². The number of carbonyl (C=O) groups is 2. The number of methoxy groups -OCH3 is 1. The van der Waals surface area contributed by atoms with Crippen molar-refractivity contribution >= 4 is 12.7 Å². The molecule has 0 unspecified atom stereocenters. The van der Waals surface area contributed by atoms with E-state index in [-0.39, 0.29) is 11.9 Å². The molecule has 1 aromatic heterocycles. The molecule has 0 aliphatic heterocycles. The van der Waals surface area contributed by atoms with Crippen molar-refractivity contribution < 1.29 is 18.7 Å². The third-order valence-electron chi connectivity index (χ3n) is 6.82. The number of amides is 1. The average Bonchev–Trinajstić information content (AvgIpc) is 3.41. The molecule has 0 aliphatic carbocycles. The van der Waals surface area contributed by atoms with Crippen LogP contribution in [0.2, 0.25) is 0 Å². The Morgan fingerprint density at radius 1 is 0.938 bits per heavy atom. The van der Waals surface area contributed by atoms with Crippen LogP contribution in [0.3, 0.4) is 0 Å². The molecular weight excluding hydrogens is 599 g/mol. The second-order valence-corrected chi connectivity index (χ2v) is 10.4. The van der Waals surface area contributed by atoms with E-state index in [9.17, 15) is 14.0 Å². The summed E-state index contributed by atoms with van der Waals surface area (Å²) in [5.74, 6) is 0.145. The number of hydrogen-bond donors (Lipinski definition) is 1. The molecule has 5 nitrogen and oxygen atoms in total. The second-order valence-electron chi connectivity index (χ2n) is 10.4. The lowest BCUT2D eigenvalue weighted by Gasteiger charge is -2.20. The van der Waals surface area contributed by atoms with Crippen molar-refractivity contribution in [3.05, 3.63) is 120 Å². The molecule has 0 spiro atoms. The van der Waals surface area contributed by atoms with Gasteiger partial charge in [-0.25, -0.2) is 4.39 Å². The van der Waals surface area contributed by atoms with Crippen molar-refractivity contribution in [2.45, 2.75) is 101 Å². The predicted octanol–water partition coefficient (Wildman–Crippen LogP) is 11.4. The molecule has 1 heterocycles. The number of halogens is 1. The maximum atomic E-state index is 13.7. The van der Waals surface area contributed by atoms with Gasteiger partial charge in [-0.3, -0.25) is 9.59 Å². The summed E-state index contributed by atoms with van der Waals surface area (Å²) in [6.07, 6.45) is 13.9. The Bertz CT molecular complexity index is 1370. The van der Waals surface area contributed by atoms with Gasteiger partial charge in [0.25, 0.3) is 0 Å². The Balaban J connectivity index is 0. The van der Waals surface area contributed by atoms with E-state index in [1.54, 1.807) is 32.2 Å². The van der Waals surface area contributed by atoms with Gasteiger partial charge in [0, 0.05) is 30.6 Å². The highest BCUT2D eigenvalue weighted by Gasteiger charge is 2.24. The lowest BCUT2D eigenvalue weighted by Crippen LogP contribution is -2.15. The first-order valence-electron chi connectivity index (χ1n) is 16.9. The number of aromatic nitrogens is 1. The zero-order valence-corrected chi connectivity index (χ0v) is 31.3. The molecule has 3 aromatic rings. The Morgan fingerprint density at radius 2 is 1.52 bits per heavy atom. The topological polar surface area (TPSA) is 60.3 Å². The molecule has 6 heteroatoms. The highest BCUT2D eigenvalue weighted by Crippen LogP contribution is 2.41. The van der Waals surface area contributed by atoms with Crippen molar-refractivity contribution in [2.75, 3.05) is 7.11 Å². The van der Waals surface area contributed by atoms with Crippen molar-refractivity contribution in [2.24, 2.45) is 0 Å². The number of hydrogen-bond acceptors (Lipinski definition) is 3. The van der Waals surface area contributed by atoms with Crippen LogP contribution >= 0.6 is 0 Å². The van der Waals surface area contributed by atoms with E-state index in [1.807, 2.05) is 84.0 Å². The van der Waals surface area contributed by atoms with E-state index < -0.39 is 0 Å². The van der Waals surface area contributed by atoms with Crippen LogP contribution in [-0.2, 0) is 20.9 Å². The summed E-state index contributed by atoms with van der Waals surface area (Å²) in [7, 11) is 1.76. The summed E-state index contributed by atoms with van der Waals surface area (Å²) in [5, 5.41) is 2.51. The molecule has 1 atom stereocenters. The van der Waals surface area contributed by atoms with E-state index in [0.29, 0.717) is 12.3 Å². The fraction of sp³-hybridized carbons (Fsp3) is 0.381. The zero-order valence-electron chi connectivity index (χ0n) is 31.3.